The molecule has 118 valence electrons. The number of rotatable bonds is 4. The van der Waals surface area contributed by atoms with Gasteiger partial charge in [-0.3, -0.25) is 0 Å². The quantitative estimate of drug-likeness (QED) is 0.637. The summed E-state index contributed by atoms with van der Waals surface area (Å²) < 4.78 is 29.7. The van der Waals surface area contributed by atoms with Crippen LogP contribution in [0.25, 0.3) is 10.6 Å². The lowest BCUT2D eigenvalue weighted by molar-refractivity contribution is 0.486. The van der Waals surface area contributed by atoms with Gasteiger partial charge in [-0.2, -0.15) is 8.42 Å². The molecule has 0 bridgehead atoms. The Morgan fingerprint density at radius 3 is 2.39 bits per heavy atom. The third-order valence-electron chi connectivity index (χ3n) is 3.03. The van der Waals surface area contributed by atoms with E-state index in [4.69, 9.17) is 15.8 Å². The summed E-state index contributed by atoms with van der Waals surface area (Å²) in [5, 5.41) is 2.96. The number of halogens is 1. The fourth-order valence-electron chi connectivity index (χ4n) is 1.96. The highest BCUT2D eigenvalue weighted by Gasteiger charge is 2.19. The van der Waals surface area contributed by atoms with E-state index in [2.05, 4.69) is 4.98 Å². The van der Waals surface area contributed by atoms with E-state index in [1.54, 1.807) is 36.4 Å². The van der Waals surface area contributed by atoms with E-state index in [0.717, 1.165) is 16.3 Å². The molecule has 1 aromatic heterocycles. The van der Waals surface area contributed by atoms with E-state index in [1.165, 1.54) is 23.5 Å². The Hall–Kier alpha value is -1.89. The van der Waals surface area contributed by atoms with Gasteiger partial charge in [0.15, 0.2) is 0 Å². The average Bonchev–Trinajstić information content (AvgIpc) is 2.94. The first-order chi connectivity index (χ1) is 11.0. The molecule has 0 atom stereocenters. The van der Waals surface area contributed by atoms with Crippen LogP contribution in [0, 0.1) is 6.92 Å². The lowest BCUT2D eigenvalue weighted by Gasteiger charge is -2.08. The van der Waals surface area contributed by atoms with Crippen molar-refractivity contribution in [2.75, 3.05) is 0 Å². The Balaban J connectivity index is 1.85. The van der Waals surface area contributed by atoms with Gasteiger partial charge in [-0.05, 0) is 43.3 Å². The second kappa shape index (κ2) is 6.31. The van der Waals surface area contributed by atoms with Gasteiger partial charge in [0.25, 0.3) is 0 Å². The predicted octanol–water partition coefficient (Wildman–Crippen LogP) is 4.54. The van der Waals surface area contributed by atoms with Crippen molar-refractivity contribution >= 4 is 33.1 Å². The van der Waals surface area contributed by atoms with Crippen LogP contribution in [0.4, 0.5) is 0 Å². The second-order valence-electron chi connectivity index (χ2n) is 4.79. The highest BCUT2D eigenvalue weighted by atomic mass is 35.5. The van der Waals surface area contributed by atoms with Gasteiger partial charge >= 0.3 is 10.1 Å². The van der Waals surface area contributed by atoms with E-state index >= 15 is 0 Å². The van der Waals surface area contributed by atoms with Crippen molar-refractivity contribution < 1.29 is 12.6 Å². The van der Waals surface area contributed by atoms with Crippen LogP contribution in [-0.2, 0) is 10.1 Å². The summed E-state index contributed by atoms with van der Waals surface area (Å²) in [5.41, 5.74) is 1.86. The SMILES string of the molecule is Cc1csc(-c2ccc(OS(=O)(=O)c3ccccc3Cl)cc2)n1. The maximum atomic E-state index is 12.3. The van der Waals surface area contributed by atoms with E-state index in [-0.39, 0.29) is 15.7 Å². The molecule has 0 radical (unpaired) electrons. The molecule has 0 fully saturated rings. The summed E-state index contributed by atoms with van der Waals surface area (Å²) >= 11 is 7.45. The largest absolute Gasteiger partial charge is 0.379 e. The van der Waals surface area contributed by atoms with Crippen LogP contribution in [0.2, 0.25) is 5.02 Å². The maximum Gasteiger partial charge on any atom is 0.340 e. The molecule has 0 spiro atoms. The molecule has 0 saturated carbocycles. The van der Waals surface area contributed by atoms with Crippen molar-refractivity contribution in [2.45, 2.75) is 11.8 Å². The number of thiazole rings is 1. The summed E-state index contributed by atoms with van der Waals surface area (Å²) in [4.78, 5) is 4.33. The first-order valence-corrected chi connectivity index (χ1v) is 9.34. The first kappa shape index (κ1) is 16.0. The molecule has 0 amide bonds. The fourth-order valence-corrected chi connectivity index (χ4v) is 4.19. The molecule has 0 saturated heterocycles. The zero-order valence-electron chi connectivity index (χ0n) is 12.1. The Labute approximate surface area is 143 Å². The molecule has 1 heterocycles. The number of hydrogen-bond donors (Lipinski definition) is 0. The highest BCUT2D eigenvalue weighted by Crippen LogP contribution is 2.28. The van der Waals surface area contributed by atoms with Crippen LogP contribution in [-0.4, -0.2) is 13.4 Å². The van der Waals surface area contributed by atoms with Crippen LogP contribution in [0.3, 0.4) is 0 Å². The van der Waals surface area contributed by atoms with Gasteiger partial charge in [0.05, 0.1) is 5.02 Å². The van der Waals surface area contributed by atoms with Crippen LogP contribution in [0.15, 0.2) is 58.8 Å². The molecule has 0 aliphatic heterocycles. The molecule has 0 aliphatic rings. The zero-order chi connectivity index (χ0) is 16.4. The Morgan fingerprint density at radius 1 is 1.09 bits per heavy atom. The monoisotopic (exact) mass is 365 g/mol. The van der Waals surface area contributed by atoms with Crippen molar-refractivity contribution in [3.05, 3.63) is 64.6 Å². The molecule has 23 heavy (non-hydrogen) atoms. The van der Waals surface area contributed by atoms with Gasteiger partial charge in [0.1, 0.15) is 15.7 Å². The van der Waals surface area contributed by atoms with Gasteiger partial charge in [-0.1, -0.05) is 23.7 Å². The predicted molar refractivity (Wildman–Crippen MR) is 91.6 cm³/mol. The molecule has 0 aliphatic carbocycles. The summed E-state index contributed by atoms with van der Waals surface area (Å²) in [5.74, 6) is 0.224. The Kier molecular flexibility index (Phi) is 4.39. The third kappa shape index (κ3) is 3.55. The number of nitrogens with zero attached hydrogens (tertiary/aromatic N) is 1. The molecule has 7 heteroatoms. The van der Waals surface area contributed by atoms with Gasteiger partial charge in [-0.15, -0.1) is 11.3 Å². The summed E-state index contributed by atoms with van der Waals surface area (Å²) in [6, 6.07) is 12.9. The smallest absolute Gasteiger partial charge is 0.340 e. The van der Waals surface area contributed by atoms with Gasteiger partial charge in [-0.25, -0.2) is 4.98 Å². The minimum absolute atomic E-state index is 0.0544. The van der Waals surface area contributed by atoms with Crippen molar-refractivity contribution in [3.8, 4) is 16.3 Å². The molecule has 3 aromatic rings. The molecular weight excluding hydrogens is 354 g/mol. The minimum Gasteiger partial charge on any atom is -0.379 e. The van der Waals surface area contributed by atoms with Crippen LogP contribution >= 0.6 is 22.9 Å². The van der Waals surface area contributed by atoms with Crippen LogP contribution in [0.5, 0.6) is 5.75 Å². The van der Waals surface area contributed by atoms with Gasteiger partial charge < -0.3 is 4.18 Å². The second-order valence-corrected chi connectivity index (χ2v) is 7.57. The van der Waals surface area contributed by atoms with Crippen molar-refractivity contribution in [2.24, 2.45) is 0 Å². The number of benzene rings is 2. The summed E-state index contributed by atoms with van der Waals surface area (Å²) in [7, 11) is -3.96. The molecule has 0 N–H and O–H groups in total. The standard InChI is InChI=1S/C16H12ClNO3S2/c1-11-10-22-16(18-11)12-6-8-13(9-7-12)21-23(19,20)15-5-3-2-4-14(15)17/h2-10H,1H3. The van der Waals surface area contributed by atoms with Crippen molar-refractivity contribution in [1.82, 2.24) is 4.98 Å². The van der Waals surface area contributed by atoms with Crippen LogP contribution in [0.1, 0.15) is 5.69 Å². The van der Waals surface area contributed by atoms with Crippen LogP contribution < -0.4 is 4.18 Å². The fraction of sp³-hybridized carbons (Fsp3) is 0.0625. The normalized spacial score (nSPS) is 11.4. The van der Waals surface area contributed by atoms with E-state index in [9.17, 15) is 8.42 Å². The molecular formula is C16H12ClNO3S2. The molecule has 0 unspecified atom stereocenters. The topological polar surface area (TPSA) is 56.3 Å². The Morgan fingerprint density at radius 2 is 1.78 bits per heavy atom. The van der Waals surface area contributed by atoms with Gasteiger partial charge in [0.2, 0.25) is 0 Å². The highest BCUT2D eigenvalue weighted by molar-refractivity contribution is 7.87. The van der Waals surface area contributed by atoms with E-state index in [1.807, 2.05) is 12.3 Å². The maximum absolute atomic E-state index is 12.3. The van der Waals surface area contributed by atoms with E-state index < -0.39 is 10.1 Å². The Bertz CT molecular complexity index is 934. The molecule has 2 aromatic carbocycles. The van der Waals surface area contributed by atoms with E-state index in [0.29, 0.717) is 0 Å². The number of hydrogen-bond acceptors (Lipinski definition) is 5. The third-order valence-corrected chi connectivity index (χ3v) is 5.79. The zero-order valence-corrected chi connectivity index (χ0v) is 14.5. The molecule has 4 nitrogen and oxygen atoms in total. The molecule has 3 rings (SSSR count). The lowest BCUT2D eigenvalue weighted by atomic mass is 10.2. The number of aryl methyl sites for hydroxylation is 1. The summed E-state index contributed by atoms with van der Waals surface area (Å²) in [6.07, 6.45) is 0. The summed E-state index contributed by atoms with van der Waals surface area (Å²) in [6.45, 7) is 1.92. The minimum atomic E-state index is -3.96. The van der Waals surface area contributed by atoms with Crippen molar-refractivity contribution in [3.63, 3.8) is 0 Å². The first-order valence-electron chi connectivity index (χ1n) is 6.67. The number of aromatic nitrogens is 1. The lowest BCUT2D eigenvalue weighted by Crippen LogP contribution is -2.10. The van der Waals surface area contributed by atoms with Gasteiger partial charge in [0, 0.05) is 16.6 Å². The van der Waals surface area contributed by atoms with Crippen molar-refractivity contribution in [1.29, 1.82) is 0 Å². The average molecular weight is 366 g/mol.